The zero-order valence-electron chi connectivity index (χ0n) is 15.5. The number of aryl methyl sites for hydroxylation is 1. The molecule has 0 radical (unpaired) electrons. The topological polar surface area (TPSA) is 76.7 Å². The zero-order valence-corrected chi connectivity index (χ0v) is 15.5. The van der Waals surface area contributed by atoms with Crippen LogP contribution in [0.5, 0.6) is 11.5 Å². The van der Waals surface area contributed by atoms with Crippen molar-refractivity contribution in [1.29, 1.82) is 0 Å². The van der Waals surface area contributed by atoms with Crippen molar-refractivity contribution >= 4 is 11.8 Å². The summed E-state index contributed by atoms with van der Waals surface area (Å²) in [5.74, 6) is 0.397. The van der Waals surface area contributed by atoms with Crippen LogP contribution in [0.25, 0.3) is 0 Å². The lowest BCUT2D eigenvalue weighted by Gasteiger charge is -2.18. The second-order valence-corrected chi connectivity index (χ2v) is 5.90. The maximum atomic E-state index is 12.3. The van der Waals surface area contributed by atoms with Gasteiger partial charge in [0.25, 0.3) is 11.8 Å². The van der Waals surface area contributed by atoms with Crippen LogP contribution in [-0.2, 0) is 4.79 Å². The molecule has 0 saturated carbocycles. The van der Waals surface area contributed by atoms with Crippen LogP contribution < -0.4 is 20.3 Å². The third-order valence-corrected chi connectivity index (χ3v) is 3.71. The lowest BCUT2D eigenvalue weighted by Crippen LogP contribution is -2.47. The monoisotopic (exact) mass is 368 g/mol. The van der Waals surface area contributed by atoms with Crippen molar-refractivity contribution < 1.29 is 19.1 Å². The number of amides is 2. The molecular weight excluding hydrogens is 344 g/mol. The number of nitrogens with one attached hydrogen (secondary N) is 2. The molecule has 0 bridgehead atoms. The summed E-state index contributed by atoms with van der Waals surface area (Å²) < 4.78 is 11.1. The predicted octanol–water partition coefficient (Wildman–Crippen LogP) is 3.18. The van der Waals surface area contributed by atoms with Gasteiger partial charge in [-0.1, -0.05) is 31.7 Å². The van der Waals surface area contributed by atoms with Gasteiger partial charge in [-0.05, 0) is 55.3 Å². The van der Waals surface area contributed by atoms with Crippen molar-refractivity contribution in [2.45, 2.75) is 26.4 Å². The minimum Gasteiger partial charge on any atom is -0.490 e. The molecule has 2 rings (SSSR count). The van der Waals surface area contributed by atoms with E-state index in [4.69, 9.17) is 9.47 Å². The van der Waals surface area contributed by atoms with E-state index in [1.165, 1.54) is 0 Å². The number of ether oxygens (including phenoxy) is 2. The van der Waals surface area contributed by atoms with Gasteiger partial charge in [0.1, 0.15) is 18.1 Å². The van der Waals surface area contributed by atoms with Crippen LogP contribution in [0.2, 0.25) is 0 Å². The quantitative estimate of drug-likeness (QED) is 0.554. The molecule has 0 spiro atoms. The number of hydrogen-bond donors (Lipinski definition) is 2. The molecule has 0 heterocycles. The average molecular weight is 368 g/mol. The van der Waals surface area contributed by atoms with Gasteiger partial charge in [0, 0.05) is 5.56 Å². The van der Waals surface area contributed by atoms with Crippen LogP contribution in [0.3, 0.4) is 0 Å². The molecule has 27 heavy (non-hydrogen) atoms. The maximum absolute atomic E-state index is 12.3. The first-order valence-corrected chi connectivity index (χ1v) is 8.70. The molecule has 2 aromatic rings. The van der Waals surface area contributed by atoms with Gasteiger partial charge >= 0.3 is 0 Å². The lowest BCUT2D eigenvalue weighted by atomic mass is 10.2. The van der Waals surface area contributed by atoms with E-state index in [2.05, 4.69) is 17.4 Å². The highest BCUT2D eigenvalue weighted by molar-refractivity contribution is 5.95. The maximum Gasteiger partial charge on any atom is 0.279 e. The third kappa shape index (κ3) is 6.18. The second-order valence-electron chi connectivity index (χ2n) is 5.90. The number of hydrazine groups is 1. The summed E-state index contributed by atoms with van der Waals surface area (Å²) in [6.07, 6.45) is 1.39. The molecule has 0 saturated heterocycles. The fourth-order valence-corrected chi connectivity index (χ4v) is 2.30. The average Bonchev–Trinajstić information content (AvgIpc) is 2.68. The molecule has 2 amide bonds. The predicted molar refractivity (Wildman–Crippen MR) is 104 cm³/mol. The zero-order chi connectivity index (χ0) is 19.6. The van der Waals surface area contributed by atoms with Gasteiger partial charge < -0.3 is 9.47 Å². The van der Waals surface area contributed by atoms with Crippen molar-refractivity contribution in [3.8, 4) is 11.5 Å². The molecule has 6 heteroatoms. The summed E-state index contributed by atoms with van der Waals surface area (Å²) in [6, 6.07) is 14.0. The summed E-state index contributed by atoms with van der Waals surface area (Å²) in [5, 5.41) is 0. The Balaban J connectivity index is 1.88. The van der Waals surface area contributed by atoms with Crippen molar-refractivity contribution in [2.75, 3.05) is 6.61 Å². The third-order valence-electron chi connectivity index (χ3n) is 3.71. The van der Waals surface area contributed by atoms with Crippen LogP contribution in [0.4, 0.5) is 0 Å². The highest BCUT2D eigenvalue weighted by atomic mass is 16.5. The Bertz CT molecular complexity index is 787. The minimum atomic E-state index is -0.707. The fraction of sp³-hybridized carbons (Fsp3) is 0.238. The number of rotatable bonds is 8. The first-order chi connectivity index (χ1) is 13.0. The Morgan fingerprint density at radius 3 is 2.48 bits per heavy atom. The molecule has 1 atom stereocenters. The Labute approximate surface area is 159 Å². The Morgan fingerprint density at radius 2 is 1.85 bits per heavy atom. The van der Waals surface area contributed by atoms with Gasteiger partial charge in [-0.2, -0.15) is 0 Å². The number of benzene rings is 2. The number of carbonyl (C=O) groups is 2. The SMILES string of the molecule is C=CCOc1ccc(C(=O)NNC(=O)C(CC)Oc2cccc(C)c2)cc1. The van der Waals surface area contributed by atoms with Gasteiger partial charge in [0.05, 0.1) is 0 Å². The standard InChI is InChI=1S/C21H24N2O4/c1-4-13-26-17-11-9-16(10-12-17)20(24)22-23-21(25)19(5-2)27-18-8-6-7-15(3)14-18/h4,6-12,14,19H,1,5,13H2,2-3H3,(H,22,24)(H,23,25). The van der Waals surface area contributed by atoms with Crippen molar-refractivity contribution in [3.63, 3.8) is 0 Å². The molecule has 6 nitrogen and oxygen atoms in total. The van der Waals surface area contributed by atoms with Crippen molar-refractivity contribution in [2.24, 2.45) is 0 Å². The van der Waals surface area contributed by atoms with Crippen LogP contribution in [-0.4, -0.2) is 24.5 Å². The van der Waals surface area contributed by atoms with Gasteiger partial charge in [0.15, 0.2) is 6.10 Å². The van der Waals surface area contributed by atoms with Crippen molar-refractivity contribution in [1.82, 2.24) is 10.9 Å². The van der Waals surface area contributed by atoms with E-state index in [-0.39, 0.29) is 0 Å². The molecule has 0 aromatic heterocycles. The summed E-state index contributed by atoms with van der Waals surface area (Å²) >= 11 is 0. The highest BCUT2D eigenvalue weighted by Crippen LogP contribution is 2.15. The van der Waals surface area contributed by atoms with E-state index in [9.17, 15) is 9.59 Å². The highest BCUT2D eigenvalue weighted by Gasteiger charge is 2.19. The van der Waals surface area contributed by atoms with E-state index < -0.39 is 17.9 Å². The molecule has 1 unspecified atom stereocenters. The van der Waals surface area contributed by atoms with E-state index in [0.29, 0.717) is 30.1 Å². The van der Waals surface area contributed by atoms with E-state index in [1.807, 2.05) is 32.0 Å². The summed E-state index contributed by atoms with van der Waals surface area (Å²) in [7, 11) is 0. The molecule has 0 fully saturated rings. The molecular formula is C21H24N2O4. The minimum absolute atomic E-state index is 0.390. The van der Waals surface area contributed by atoms with Gasteiger partial charge in [-0.3, -0.25) is 20.4 Å². The molecule has 2 aromatic carbocycles. The van der Waals surface area contributed by atoms with Gasteiger partial charge in [0.2, 0.25) is 0 Å². The largest absolute Gasteiger partial charge is 0.490 e. The van der Waals surface area contributed by atoms with Crippen LogP contribution in [0.15, 0.2) is 61.2 Å². The van der Waals surface area contributed by atoms with Gasteiger partial charge in [-0.15, -0.1) is 0 Å². The molecule has 142 valence electrons. The molecule has 0 aliphatic carbocycles. The summed E-state index contributed by atoms with van der Waals surface area (Å²) in [6.45, 7) is 7.75. The lowest BCUT2D eigenvalue weighted by molar-refractivity contribution is -0.128. The first-order valence-electron chi connectivity index (χ1n) is 8.70. The summed E-state index contributed by atoms with van der Waals surface area (Å²) in [4.78, 5) is 24.5. The van der Waals surface area contributed by atoms with Gasteiger partial charge in [-0.25, -0.2) is 0 Å². The Kier molecular flexibility index (Phi) is 7.43. The van der Waals surface area contributed by atoms with Crippen molar-refractivity contribution in [3.05, 3.63) is 72.3 Å². The fourth-order valence-electron chi connectivity index (χ4n) is 2.30. The first kappa shape index (κ1) is 20.0. The molecule has 0 aliphatic rings. The normalized spacial score (nSPS) is 11.2. The Morgan fingerprint density at radius 1 is 1.11 bits per heavy atom. The van der Waals surface area contributed by atoms with Crippen LogP contribution in [0, 0.1) is 6.92 Å². The molecule has 2 N–H and O–H groups in total. The van der Waals surface area contributed by atoms with E-state index >= 15 is 0 Å². The van der Waals surface area contributed by atoms with E-state index in [0.717, 1.165) is 5.56 Å². The summed E-state index contributed by atoms with van der Waals surface area (Å²) in [5.41, 5.74) is 6.24. The van der Waals surface area contributed by atoms with Crippen LogP contribution >= 0.6 is 0 Å². The molecule has 0 aliphatic heterocycles. The van der Waals surface area contributed by atoms with Crippen LogP contribution in [0.1, 0.15) is 29.3 Å². The number of carbonyl (C=O) groups excluding carboxylic acids is 2. The van der Waals surface area contributed by atoms with E-state index in [1.54, 1.807) is 36.4 Å². The second kappa shape index (κ2) is 10.0. The Hall–Kier alpha value is -3.28. The number of hydrogen-bond acceptors (Lipinski definition) is 4. The smallest absolute Gasteiger partial charge is 0.279 e.